The summed E-state index contributed by atoms with van der Waals surface area (Å²) in [6, 6.07) is 11.5. The molecule has 106 valence electrons. The highest BCUT2D eigenvalue weighted by atomic mass is 16.2. The van der Waals surface area contributed by atoms with Crippen LogP contribution in [0.4, 0.5) is 0 Å². The SMILES string of the molecule is Cc1cc(C)n(C(=O)Cc2nc(-c3ccccc3)n[nH]2)n1. The van der Waals surface area contributed by atoms with Crippen molar-refractivity contribution in [3.05, 3.63) is 53.6 Å². The maximum absolute atomic E-state index is 12.2. The van der Waals surface area contributed by atoms with E-state index >= 15 is 0 Å². The molecule has 0 amide bonds. The molecule has 2 heterocycles. The Labute approximate surface area is 121 Å². The lowest BCUT2D eigenvalue weighted by Gasteiger charge is -2.00. The monoisotopic (exact) mass is 281 g/mol. The molecule has 0 bridgehead atoms. The van der Waals surface area contributed by atoms with Gasteiger partial charge in [-0.2, -0.15) is 10.2 Å². The van der Waals surface area contributed by atoms with E-state index in [1.807, 2.05) is 50.2 Å². The summed E-state index contributed by atoms with van der Waals surface area (Å²) < 4.78 is 1.40. The predicted octanol–water partition coefficient (Wildman–Crippen LogP) is 2.17. The maximum atomic E-state index is 12.2. The number of rotatable bonds is 3. The van der Waals surface area contributed by atoms with Gasteiger partial charge in [0.05, 0.1) is 12.1 Å². The highest BCUT2D eigenvalue weighted by Gasteiger charge is 2.14. The maximum Gasteiger partial charge on any atom is 0.254 e. The summed E-state index contributed by atoms with van der Waals surface area (Å²) in [6.07, 6.45) is 0.141. The van der Waals surface area contributed by atoms with Crippen LogP contribution in [0.1, 0.15) is 22.0 Å². The first-order valence-corrected chi connectivity index (χ1v) is 6.66. The molecule has 0 fully saturated rings. The van der Waals surface area contributed by atoms with Gasteiger partial charge in [-0.25, -0.2) is 9.67 Å². The van der Waals surface area contributed by atoms with Crippen molar-refractivity contribution in [2.75, 3.05) is 0 Å². The molecule has 6 heteroatoms. The molecule has 0 atom stereocenters. The molecule has 0 unspecified atom stereocenters. The standard InChI is InChI=1S/C15H15N5O/c1-10-8-11(2)20(19-10)14(21)9-13-16-15(18-17-13)12-6-4-3-5-7-12/h3-8H,9H2,1-2H3,(H,16,17,18). The average molecular weight is 281 g/mol. The molecule has 0 aliphatic carbocycles. The minimum absolute atomic E-state index is 0.128. The third-order valence-electron chi connectivity index (χ3n) is 3.13. The van der Waals surface area contributed by atoms with Crippen LogP contribution < -0.4 is 0 Å². The number of H-pyrrole nitrogens is 1. The molecule has 1 N–H and O–H groups in total. The molecule has 1 aromatic carbocycles. The Bertz CT molecular complexity index is 772. The van der Waals surface area contributed by atoms with Crippen LogP contribution in [0.3, 0.4) is 0 Å². The summed E-state index contributed by atoms with van der Waals surface area (Å²) in [6.45, 7) is 3.71. The van der Waals surface area contributed by atoms with E-state index in [4.69, 9.17) is 0 Å². The van der Waals surface area contributed by atoms with Gasteiger partial charge in [-0.15, -0.1) is 0 Å². The van der Waals surface area contributed by atoms with Crippen molar-refractivity contribution >= 4 is 5.91 Å². The van der Waals surface area contributed by atoms with Gasteiger partial charge in [0.2, 0.25) is 0 Å². The highest BCUT2D eigenvalue weighted by Crippen LogP contribution is 2.13. The van der Waals surface area contributed by atoms with Crippen molar-refractivity contribution < 1.29 is 4.79 Å². The zero-order chi connectivity index (χ0) is 14.8. The molecule has 0 aliphatic heterocycles. The fourth-order valence-corrected chi connectivity index (χ4v) is 2.19. The fourth-order valence-electron chi connectivity index (χ4n) is 2.19. The number of aromatic amines is 1. The summed E-state index contributed by atoms with van der Waals surface area (Å²) in [5.74, 6) is 0.995. The lowest BCUT2D eigenvalue weighted by Crippen LogP contribution is -2.17. The van der Waals surface area contributed by atoms with Crippen LogP contribution in [0, 0.1) is 13.8 Å². The van der Waals surface area contributed by atoms with Gasteiger partial charge in [-0.3, -0.25) is 9.89 Å². The first-order valence-electron chi connectivity index (χ1n) is 6.66. The van der Waals surface area contributed by atoms with E-state index in [1.54, 1.807) is 0 Å². The Morgan fingerprint density at radius 1 is 1.24 bits per heavy atom. The molecule has 3 rings (SSSR count). The Balaban J connectivity index is 1.79. The largest absolute Gasteiger partial charge is 0.272 e. The zero-order valence-electron chi connectivity index (χ0n) is 11.9. The second kappa shape index (κ2) is 5.32. The number of aryl methyl sites for hydroxylation is 2. The van der Waals surface area contributed by atoms with Crippen molar-refractivity contribution in [2.24, 2.45) is 0 Å². The van der Waals surface area contributed by atoms with Crippen LogP contribution in [0.5, 0.6) is 0 Å². The van der Waals surface area contributed by atoms with Crippen molar-refractivity contribution in [3.8, 4) is 11.4 Å². The van der Waals surface area contributed by atoms with Gasteiger partial charge in [-0.05, 0) is 19.9 Å². The van der Waals surface area contributed by atoms with E-state index in [9.17, 15) is 4.79 Å². The Hall–Kier alpha value is -2.76. The number of carbonyl (C=O) groups is 1. The van der Waals surface area contributed by atoms with Crippen LogP contribution in [0.2, 0.25) is 0 Å². The van der Waals surface area contributed by atoms with Crippen LogP contribution in [0.15, 0.2) is 36.4 Å². The smallest absolute Gasteiger partial charge is 0.254 e. The number of hydrogen-bond acceptors (Lipinski definition) is 4. The van der Waals surface area contributed by atoms with Crippen LogP contribution in [-0.4, -0.2) is 30.9 Å². The first-order chi connectivity index (χ1) is 10.1. The van der Waals surface area contributed by atoms with E-state index in [2.05, 4.69) is 20.3 Å². The molecule has 3 aromatic rings. The van der Waals surface area contributed by atoms with Gasteiger partial charge in [0.1, 0.15) is 5.82 Å². The van der Waals surface area contributed by atoms with Gasteiger partial charge in [0, 0.05) is 11.3 Å². The van der Waals surface area contributed by atoms with Gasteiger partial charge in [0.15, 0.2) is 5.82 Å². The van der Waals surface area contributed by atoms with Gasteiger partial charge < -0.3 is 0 Å². The number of aromatic nitrogens is 5. The first kappa shape index (κ1) is 13.2. The minimum Gasteiger partial charge on any atom is -0.272 e. The molecule has 0 saturated carbocycles. The van der Waals surface area contributed by atoms with Crippen molar-refractivity contribution in [3.63, 3.8) is 0 Å². The normalized spacial score (nSPS) is 10.8. The minimum atomic E-state index is -0.128. The Morgan fingerprint density at radius 3 is 2.67 bits per heavy atom. The van der Waals surface area contributed by atoms with Crippen molar-refractivity contribution in [2.45, 2.75) is 20.3 Å². The zero-order valence-corrected chi connectivity index (χ0v) is 11.9. The average Bonchev–Trinajstić information content (AvgIpc) is 3.06. The molecule has 0 saturated heterocycles. The van der Waals surface area contributed by atoms with Crippen LogP contribution in [0.25, 0.3) is 11.4 Å². The summed E-state index contributed by atoms with van der Waals surface area (Å²) in [5, 5.41) is 11.1. The van der Waals surface area contributed by atoms with Gasteiger partial charge >= 0.3 is 0 Å². The molecular weight excluding hydrogens is 266 g/mol. The van der Waals surface area contributed by atoms with Crippen molar-refractivity contribution in [1.82, 2.24) is 25.0 Å². The molecule has 0 spiro atoms. The van der Waals surface area contributed by atoms with Gasteiger partial charge in [-0.1, -0.05) is 30.3 Å². The van der Waals surface area contributed by atoms with Gasteiger partial charge in [0.25, 0.3) is 5.91 Å². The van der Waals surface area contributed by atoms with Crippen molar-refractivity contribution in [1.29, 1.82) is 0 Å². The van der Waals surface area contributed by atoms with E-state index in [1.165, 1.54) is 4.68 Å². The van der Waals surface area contributed by atoms with Crippen LogP contribution in [-0.2, 0) is 6.42 Å². The van der Waals surface area contributed by atoms with E-state index in [-0.39, 0.29) is 12.3 Å². The molecule has 0 aliphatic rings. The summed E-state index contributed by atoms with van der Waals surface area (Å²) in [4.78, 5) is 16.6. The second-order valence-corrected chi connectivity index (χ2v) is 4.88. The number of nitrogens with zero attached hydrogens (tertiary/aromatic N) is 4. The number of nitrogens with one attached hydrogen (secondary N) is 1. The molecule has 2 aromatic heterocycles. The Morgan fingerprint density at radius 2 is 2.00 bits per heavy atom. The molecular formula is C15H15N5O. The third-order valence-corrected chi connectivity index (χ3v) is 3.13. The van der Waals surface area contributed by atoms with E-state index in [0.717, 1.165) is 17.0 Å². The number of carbonyl (C=O) groups excluding carboxylic acids is 1. The predicted molar refractivity (Wildman–Crippen MR) is 77.9 cm³/mol. The highest BCUT2D eigenvalue weighted by molar-refractivity contribution is 5.80. The molecule has 0 radical (unpaired) electrons. The quantitative estimate of drug-likeness (QED) is 0.798. The summed E-state index contributed by atoms with van der Waals surface area (Å²) >= 11 is 0. The lowest BCUT2D eigenvalue weighted by molar-refractivity contribution is 0.0893. The topological polar surface area (TPSA) is 76.5 Å². The Kier molecular flexibility index (Phi) is 3.35. The summed E-state index contributed by atoms with van der Waals surface area (Å²) in [7, 11) is 0. The molecule has 6 nitrogen and oxygen atoms in total. The molecule has 21 heavy (non-hydrogen) atoms. The number of benzene rings is 1. The van der Waals surface area contributed by atoms with E-state index in [0.29, 0.717) is 11.6 Å². The van der Waals surface area contributed by atoms with E-state index < -0.39 is 0 Å². The fraction of sp³-hybridized carbons (Fsp3) is 0.200. The second-order valence-electron chi connectivity index (χ2n) is 4.88. The van der Waals surface area contributed by atoms with Crippen LogP contribution >= 0.6 is 0 Å². The number of hydrogen-bond donors (Lipinski definition) is 1. The lowest BCUT2D eigenvalue weighted by atomic mass is 10.2. The summed E-state index contributed by atoms with van der Waals surface area (Å²) in [5.41, 5.74) is 2.56. The third kappa shape index (κ3) is 2.74.